The molecule has 1 aromatic rings. The van der Waals surface area contributed by atoms with Gasteiger partial charge in [0.15, 0.2) is 0 Å². The van der Waals surface area contributed by atoms with Crippen LogP contribution in [0.5, 0.6) is 0 Å². The van der Waals surface area contributed by atoms with Gasteiger partial charge in [-0.3, -0.25) is 9.48 Å². The zero-order valence-corrected chi connectivity index (χ0v) is 13.4. The third-order valence-electron chi connectivity index (χ3n) is 4.99. The molecular weight excluding hydrogens is 260 g/mol. The number of aliphatic hydroxyl groups excluding tert-OH is 1. The van der Waals surface area contributed by atoms with Gasteiger partial charge in [-0.1, -0.05) is 45.0 Å². The van der Waals surface area contributed by atoms with E-state index in [1.54, 1.807) is 0 Å². The summed E-state index contributed by atoms with van der Waals surface area (Å²) in [6.45, 7) is 8.90. The van der Waals surface area contributed by atoms with Gasteiger partial charge in [0, 0.05) is 5.41 Å². The number of rotatable bonds is 3. The second kappa shape index (κ2) is 5.45. The zero-order chi connectivity index (χ0) is 15.0. The summed E-state index contributed by atoms with van der Waals surface area (Å²) in [7, 11) is 0. The first-order chi connectivity index (χ1) is 10.0. The number of fused-ring (bicyclic) bond motifs is 1. The number of hydrogen-bond donors (Lipinski definition) is 1. The Morgan fingerprint density at radius 3 is 2.81 bits per heavy atom. The van der Waals surface area contributed by atoms with Crippen LogP contribution in [-0.2, 0) is 6.42 Å². The van der Waals surface area contributed by atoms with E-state index in [2.05, 4.69) is 60.9 Å². The van der Waals surface area contributed by atoms with E-state index in [-0.39, 0.29) is 18.1 Å². The monoisotopic (exact) mass is 287 g/mol. The lowest BCUT2D eigenvalue weighted by atomic mass is 9.86. The molecule has 0 aromatic heterocycles. The number of nitrogens with zero attached hydrogens (tertiary/aromatic N) is 2. The molecule has 1 aliphatic carbocycles. The van der Waals surface area contributed by atoms with E-state index in [1.807, 2.05) is 0 Å². The molecule has 2 atom stereocenters. The maximum Gasteiger partial charge on any atom is 0.235 e. The first kappa shape index (κ1) is 14.6. The van der Waals surface area contributed by atoms with Gasteiger partial charge in [0.2, 0.25) is 6.34 Å². The van der Waals surface area contributed by atoms with E-state index in [4.69, 9.17) is 0 Å². The summed E-state index contributed by atoms with van der Waals surface area (Å²) in [5.41, 5.74) is 3.09. The van der Waals surface area contributed by atoms with Crippen LogP contribution in [0.3, 0.4) is 0 Å². The Labute approximate surface area is 127 Å². The average molecular weight is 287 g/mol. The highest BCUT2D eigenvalue weighted by molar-refractivity contribution is 5.52. The van der Waals surface area contributed by atoms with E-state index in [0.29, 0.717) is 6.04 Å². The maximum absolute atomic E-state index is 9.75. The third kappa shape index (κ3) is 2.71. The number of benzene rings is 1. The van der Waals surface area contributed by atoms with Gasteiger partial charge in [-0.05, 0) is 24.0 Å². The van der Waals surface area contributed by atoms with E-state index >= 15 is 0 Å². The van der Waals surface area contributed by atoms with E-state index < -0.39 is 0 Å². The maximum atomic E-state index is 9.75. The Bertz CT molecular complexity index is 544. The van der Waals surface area contributed by atoms with Gasteiger partial charge in [-0.25, -0.2) is 0 Å². The summed E-state index contributed by atoms with van der Waals surface area (Å²) < 4.78 is 2.47. The van der Waals surface area contributed by atoms with Gasteiger partial charge in [0.05, 0.1) is 6.61 Å². The first-order valence-corrected chi connectivity index (χ1v) is 8.06. The van der Waals surface area contributed by atoms with E-state index in [1.165, 1.54) is 24.0 Å². The van der Waals surface area contributed by atoms with Crippen LogP contribution >= 0.6 is 0 Å². The van der Waals surface area contributed by atoms with Crippen molar-refractivity contribution in [3.63, 3.8) is 0 Å². The molecule has 0 fully saturated rings. The lowest BCUT2D eigenvalue weighted by Crippen LogP contribution is -2.45. The smallest absolute Gasteiger partial charge is 0.235 e. The molecule has 0 saturated carbocycles. The van der Waals surface area contributed by atoms with Crippen LogP contribution in [0.25, 0.3) is 0 Å². The molecule has 1 aliphatic heterocycles. The number of aryl methyl sites for hydroxylation is 1. The Morgan fingerprint density at radius 2 is 2.10 bits per heavy atom. The second-order valence-electron chi connectivity index (χ2n) is 7.41. The molecule has 3 nitrogen and oxygen atoms in total. The summed E-state index contributed by atoms with van der Waals surface area (Å²) in [5.74, 6) is 0. The molecule has 1 aromatic carbocycles. The summed E-state index contributed by atoms with van der Waals surface area (Å²) in [6, 6.07) is 9.54. The van der Waals surface area contributed by atoms with Crippen molar-refractivity contribution in [2.75, 3.05) is 19.7 Å². The van der Waals surface area contributed by atoms with Crippen molar-refractivity contribution in [3.05, 3.63) is 35.4 Å². The van der Waals surface area contributed by atoms with Crippen LogP contribution in [0, 0.1) is 5.41 Å². The molecule has 21 heavy (non-hydrogen) atoms. The van der Waals surface area contributed by atoms with Gasteiger partial charge >= 0.3 is 0 Å². The minimum atomic E-state index is 0.0921. The number of hydrogen-bond acceptors (Lipinski definition) is 2. The zero-order valence-electron chi connectivity index (χ0n) is 13.4. The lowest BCUT2D eigenvalue weighted by molar-refractivity contribution is -0.559. The molecule has 0 bridgehead atoms. The highest BCUT2D eigenvalue weighted by Gasteiger charge is 2.38. The molecule has 3 rings (SSSR count). The fourth-order valence-corrected chi connectivity index (χ4v) is 3.76. The molecule has 0 saturated heterocycles. The highest BCUT2D eigenvalue weighted by Crippen LogP contribution is 2.34. The Kier molecular flexibility index (Phi) is 3.78. The second-order valence-corrected chi connectivity index (χ2v) is 7.41. The molecule has 1 N–H and O–H groups in total. The van der Waals surface area contributed by atoms with Gasteiger partial charge < -0.3 is 5.11 Å². The van der Waals surface area contributed by atoms with Crippen LogP contribution in [-0.4, -0.2) is 46.7 Å². The fraction of sp³-hybridized carbons (Fsp3) is 0.611. The van der Waals surface area contributed by atoms with Crippen molar-refractivity contribution in [1.29, 1.82) is 0 Å². The Morgan fingerprint density at radius 1 is 1.33 bits per heavy atom. The summed E-state index contributed by atoms with van der Waals surface area (Å²) in [6.07, 6.45) is 4.66. The summed E-state index contributed by atoms with van der Waals surface area (Å²) in [5, 5.41) is 9.75. The van der Waals surface area contributed by atoms with Crippen molar-refractivity contribution in [2.45, 2.75) is 45.7 Å². The van der Waals surface area contributed by atoms with Crippen molar-refractivity contribution in [1.82, 2.24) is 4.90 Å². The SMILES string of the molecule is CC(C)(C)[C@@H](CO)N1C=[N+]([C@H]2CCc3ccccc32)CC1. The molecule has 0 unspecified atom stereocenters. The van der Waals surface area contributed by atoms with Crippen LogP contribution in [0.4, 0.5) is 0 Å². The Hall–Kier alpha value is -1.35. The molecule has 3 heteroatoms. The summed E-state index contributed by atoms with van der Waals surface area (Å²) in [4.78, 5) is 2.33. The van der Waals surface area contributed by atoms with E-state index in [0.717, 1.165) is 13.1 Å². The molecule has 1 heterocycles. The minimum Gasteiger partial charge on any atom is -0.392 e. The number of aliphatic hydroxyl groups is 1. The quantitative estimate of drug-likeness (QED) is 0.864. The average Bonchev–Trinajstić information content (AvgIpc) is 3.04. The topological polar surface area (TPSA) is 26.5 Å². The van der Waals surface area contributed by atoms with Gasteiger partial charge in [-0.2, -0.15) is 0 Å². The predicted octanol–water partition coefficient (Wildman–Crippen LogP) is 2.44. The van der Waals surface area contributed by atoms with Gasteiger partial charge in [0.1, 0.15) is 25.2 Å². The van der Waals surface area contributed by atoms with E-state index in [9.17, 15) is 5.11 Å². The van der Waals surface area contributed by atoms with Crippen LogP contribution in [0.15, 0.2) is 24.3 Å². The molecule has 0 radical (unpaired) electrons. The Balaban J connectivity index is 1.81. The van der Waals surface area contributed by atoms with Crippen molar-refractivity contribution in [3.8, 4) is 0 Å². The van der Waals surface area contributed by atoms with Crippen LogP contribution in [0.2, 0.25) is 0 Å². The van der Waals surface area contributed by atoms with Crippen LogP contribution < -0.4 is 0 Å². The summed E-state index contributed by atoms with van der Waals surface area (Å²) >= 11 is 0. The molecular formula is C18H27N2O+. The fourth-order valence-electron chi connectivity index (χ4n) is 3.76. The third-order valence-corrected chi connectivity index (χ3v) is 4.99. The normalized spacial score (nSPS) is 23.1. The molecule has 0 amide bonds. The predicted molar refractivity (Wildman–Crippen MR) is 85.7 cm³/mol. The lowest BCUT2D eigenvalue weighted by Gasteiger charge is -2.30. The first-order valence-electron chi connectivity index (χ1n) is 8.06. The van der Waals surface area contributed by atoms with Crippen molar-refractivity contribution in [2.24, 2.45) is 5.41 Å². The highest BCUT2D eigenvalue weighted by atomic mass is 16.3. The largest absolute Gasteiger partial charge is 0.392 e. The molecule has 0 spiro atoms. The van der Waals surface area contributed by atoms with Crippen molar-refractivity contribution >= 4 is 6.34 Å². The standard InChI is InChI=1S/C18H27N2O/c1-18(2,3)17(12-21)20-11-10-19(13-20)16-9-8-14-6-4-5-7-15(14)16/h4-7,13,16-17,21H,8-12H2,1-3H3/q+1/t16-,17+/m0/s1. The van der Waals surface area contributed by atoms with Crippen LogP contribution in [0.1, 0.15) is 44.4 Å². The van der Waals surface area contributed by atoms with Gasteiger partial charge in [0.25, 0.3) is 0 Å². The molecule has 114 valence electrons. The molecule has 2 aliphatic rings. The van der Waals surface area contributed by atoms with Gasteiger partial charge in [-0.15, -0.1) is 0 Å². The van der Waals surface area contributed by atoms with Crippen molar-refractivity contribution < 1.29 is 9.68 Å². The minimum absolute atomic E-state index is 0.0921.